The fraction of sp³-hybridized carbons (Fsp3) is 0.364. The Morgan fingerprint density at radius 2 is 1.52 bits per heavy atom. The monoisotopic (exact) mass is 367 g/mol. The van der Waals surface area contributed by atoms with E-state index in [9.17, 15) is 9.59 Å². The van der Waals surface area contributed by atoms with Crippen LogP contribution in [0.5, 0.6) is 0 Å². The summed E-state index contributed by atoms with van der Waals surface area (Å²) in [6, 6.07) is 14.6. The molecule has 2 amide bonds. The van der Waals surface area contributed by atoms with E-state index < -0.39 is 0 Å². The average Bonchev–Trinajstić information content (AvgIpc) is 2.70. The van der Waals surface area contributed by atoms with E-state index in [2.05, 4.69) is 36.3 Å². The Morgan fingerprint density at radius 3 is 2.11 bits per heavy atom. The predicted octanol–water partition coefficient (Wildman–Crippen LogP) is 4.32. The number of nitrogens with one attached hydrogen (secondary N) is 2. The highest BCUT2D eigenvalue weighted by Gasteiger charge is 2.11. The summed E-state index contributed by atoms with van der Waals surface area (Å²) in [4.78, 5) is 26.9. The Hall–Kier alpha value is -2.82. The van der Waals surface area contributed by atoms with Crippen molar-refractivity contribution in [3.05, 3.63) is 59.7 Å². The van der Waals surface area contributed by atoms with Crippen LogP contribution in [0.25, 0.3) is 0 Å². The molecule has 0 aliphatic heterocycles. The van der Waals surface area contributed by atoms with Crippen LogP contribution < -0.4 is 15.5 Å². The van der Waals surface area contributed by atoms with Crippen molar-refractivity contribution in [3.63, 3.8) is 0 Å². The molecule has 2 rings (SSSR count). The number of anilines is 2. The van der Waals surface area contributed by atoms with E-state index in [0.717, 1.165) is 37.3 Å². The molecule has 5 heteroatoms. The number of benzene rings is 2. The van der Waals surface area contributed by atoms with Gasteiger partial charge in [0.25, 0.3) is 11.8 Å². The van der Waals surface area contributed by atoms with Gasteiger partial charge in [-0.2, -0.15) is 0 Å². The molecule has 0 saturated heterocycles. The van der Waals surface area contributed by atoms with Gasteiger partial charge in [0.2, 0.25) is 0 Å². The van der Waals surface area contributed by atoms with Gasteiger partial charge >= 0.3 is 0 Å². The van der Waals surface area contributed by atoms with E-state index in [1.54, 1.807) is 24.3 Å². The van der Waals surface area contributed by atoms with Crippen LogP contribution in [-0.4, -0.2) is 31.4 Å². The first kappa shape index (κ1) is 20.5. The molecule has 0 unspecified atom stereocenters. The van der Waals surface area contributed by atoms with E-state index in [1.165, 1.54) is 0 Å². The van der Waals surface area contributed by atoms with E-state index in [-0.39, 0.29) is 11.8 Å². The van der Waals surface area contributed by atoms with Crippen molar-refractivity contribution in [2.24, 2.45) is 0 Å². The van der Waals surface area contributed by atoms with E-state index in [1.807, 2.05) is 24.3 Å². The fourth-order valence-electron chi connectivity index (χ4n) is 2.83. The number of nitrogens with zero attached hydrogens (tertiary/aromatic N) is 1. The Kier molecular flexibility index (Phi) is 7.86. The third-order valence-electron chi connectivity index (χ3n) is 4.46. The molecular weight excluding hydrogens is 338 g/mol. The van der Waals surface area contributed by atoms with Crippen LogP contribution in [0, 0.1) is 0 Å². The lowest BCUT2D eigenvalue weighted by atomic mass is 10.1. The molecule has 144 valence electrons. The summed E-state index contributed by atoms with van der Waals surface area (Å²) in [5, 5.41) is 5.76. The van der Waals surface area contributed by atoms with Crippen LogP contribution in [-0.2, 0) is 0 Å². The molecule has 0 fully saturated rings. The van der Waals surface area contributed by atoms with Gasteiger partial charge in [-0.1, -0.05) is 19.4 Å². The third-order valence-corrected chi connectivity index (χ3v) is 4.46. The highest BCUT2D eigenvalue weighted by atomic mass is 16.2. The summed E-state index contributed by atoms with van der Waals surface area (Å²) in [6.07, 6.45) is 1.96. The minimum atomic E-state index is -0.228. The van der Waals surface area contributed by atoms with E-state index in [0.29, 0.717) is 17.7 Å². The second-order valence-corrected chi connectivity index (χ2v) is 6.36. The van der Waals surface area contributed by atoms with Crippen LogP contribution in [0.15, 0.2) is 48.5 Å². The first-order valence-corrected chi connectivity index (χ1v) is 9.63. The molecule has 0 aliphatic carbocycles. The second kappa shape index (κ2) is 10.4. The molecule has 2 aromatic rings. The maximum atomic E-state index is 12.5. The summed E-state index contributed by atoms with van der Waals surface area (Å²) >= 11 is 0. The largest absolute Gasteiger partial charge is 0.372 e. The number of unbranched alkanes of at least 4 members (excludes halogenated alkanes) is 1. The zero-order valence-electron chi connectivity index (χ0n) is 16.4. The molecular formula is C22H29N3O2. The fourth-order valence-corrected chi connectivity index (χ4v) is 2.83. The lowest BCUT2D eigenvalue weighted by Gasteiger charge is -2.21. The predicted molar refractivity (Wildman–Crippen MR) is 112 cm³/mol. The lowest BCUT2D eigenvalue weighted by molar-refractivity contribution is 0.0953. The quantitative estimate of drug-likeness (QED) is 0.649. The zero-order valence-corrected chi connectivity index (χ0v) is 16.4. The van der Waals surface area contributed by atoms with Gasteiger partial charge in [-0.05, 0) is 62.7 Å². The van der Waals surface area contributed by atoms with Crippen molar-refractivity contribution >= 4 is 23.2 Å². The first-order valence-electron chi connectivity index (χ1n) is 9.63. The third kappa shape index (κ3) is 5.84. The minimum Gasteiger partial charge on any atom is -0.372 e. The standard InChI is InChI=1S/C22H29N3O2/c1-4-7-15-23-21(26)17-9-8-10-18(16-17)22(27)24-19-11-13-20(14-12-19)25(5-2)6-3/h8-14,16H,4-7,15H2,1-3H3,(H,23,26)(H,24,27). The minimum absolute atomic E-state index is 0.151. The number of rotatable bonds is 9. The summed E-state index contributed by atoms with van der Waals surface area (Å²) < 4.78 is 0. The smallest absolute Gasteiger partial charge is 0.255 e. The van der Waals surface area contributed by atoms with Gasteiger partial charge in [-0.3, -0.25) is 9.59 Å². The molecule has 0 bridgehead atoms. The number of amides is 2. The summed E-state index contributed by atoms with van der Waals surface area (Å²) in [6.45, 7) is 8.83. The number of hydrogen-bond donors (Lipinski definition) is 2. The lowest BCUT2D eigenvalue weighted by Crippen LogP contribution is -2.24. The van der Waals surface area contributed by atoms with Crippen molar-refractivity contribution < 1.29 is 9.59 Å². The maximum absolute atomic E-state index is 12.5. The van der Waals surface area contributed by atoms with Crippen molar-refractivity contribution in [3.8, 4) is 0 Å². The van der Waals surface area contributed by atoms with Crippen LogP contribution in [0.4, 0.5) is 11.4 Å². The molecule has 0 radical (unpaired) electrons. The topological polar surface area (TPSA) is 61.4 Å². The van der Waals surface area contributed by atoms with Gasteiger partial charge in [0, 0.05) is 42.1 Å². The van der Waals surface area contributed by atoms with E-state index in [4.69, 9.17) is 0 Å². The molecule has 0 aromatic heterocycles. The van der Waals surface area contributed by atoms with Gasteiger partial charge in [-0.25, -0.2) is 0 Å². The van der Waals surface area contributed by atoms with Crippen LogP contribution in [0.3, 0.4) is 0 Å². The molecule has 0 spiro atoms. The Bertz CT molecular complexity index is 752. The average molecular weight is 367 g/mol. The van der Waals surface area contributed by atoms with Crippen molar-refractivity contribution in [1.82, 2.24) is 5.32 Å². The van der Waals surface area contributed by atoms with Gasteiger partial charge in [-0.15, -0.1) is 0 Å². The van der Waals surface area contributed by atoms with Gasteiger partial charge in [0.15, 0.2) is 0 Å². The Balaban J connectivity index is 2.03. The maximum Gasteiger partial charge on any atom is 0.255 e. The van der Waals surface area contributed by atoms with Crippen molar-refractivity contribution in [2.45, 2.75) is 33.6 Å². The Labute approximate surface area is 161 Å². The zero-order chi connectivity index (χ0) is 19.6. The summed E-state index contributed by atoms with van der Waals surface area (Å²) in [5.74, 6) is -0.379. The number of carbonyl (C=O) groups excluding carboxylic acids is 2. The van der Waals surface area contributed by atoms with Crippen LogP contribution in [0.1, 0.15) is 54.3 Å². The molecule has 2 aromatic carbocycles. The summed E-state index contributed by atoms with van der Waals surface area (Å²) in [5.41, 5.74) is 2.82. The van der Waals surface area contributed by atoms with Gasteiger partial charge in [0.1, 0.15) is 0 Å². The van der Waals surface area contributed by atoms with Crippen LogP contribution in [0.2, 0.25) is 0 Å². The van der Waals surface area contributed by atoms with Gasteiger partial charge < -0.3 is 15.5 Å². The van der Waals surface area contributed by atoms with Crippen molar-refractivity contribution in [2.75, 3.05) is 29.9 Å². The number of carbonyl (C=O) groups is 2. The number of hydrogen-bond acceptors (Lipinski definition) is 3. The molecule has 0 saturated carbocycles. The van der Waals surface area contributed by atoms with E-state index >= 15 is 0 Å². The molecule has 0 aliphatic rings. The van der Waals surface area contributed by atoms with Crippen molar-refractivity contribution in [1.29, 1.82) is 0 Å². The highest BCUT2D eigenvalue weighted by molar-refractivity contribution is 6.06. The molecule has 0 heterocycles. The first-order chi connectivity index (χ1) is 13.1. The second-order valence-electron chi connectivity index (χ2n) is 6.36. The molecule has 0 atom stereocenters. The normalized spacial score (nSPS) is 10.3. The SMILES string of the molecule is CCCCNC(=O)c1cccc(C(=O)Nc2ccc(N(CC)CC)cc2)c1. The Morgan fingerprint density at radius 1 is 0.889 bits per heavy atom. The van der Waals surface area contributed by atoms with Crippen LogP contribution >= 0.6 is 0 Å². The molecule has 2 N–H and O–H groups in total. The highest BCUT2D eigenvalue weighted by Crippen LogP contribution is 2.18. The van der Waals surface area contributed by atoms with Gasteiger partial charge in [0.05, 0.1) is 0 Å². The molecule has 5 nitrogen and oxygen atoms in total. The summed E-state index contributed by atoms with van der Waals surface area (Å²) in [7, 11) is 0. The molecule has 27 heavy (non-hydrogen) atoms.